The number of fused-ring (bicyclic) bond motifs is 3. The minimum Gasteiger partial charge on any atom is -0.508 e. The van der Waals surface area contributed by atoms with Crippen molar-refractivity contribution in [3.63, 3.8) is 0 Å². The van der Waals surface area contributed by atoms with Gasteiger partial charge in [-0.2, -0.15) is 0 Å². The van der Waals surface area contributed by atoms with Crippen LogP contribution >= 0.6 is 22.6 Å². The number of rotatable bonds is 2. The Morgan fingerprint density at radius 3 is 2.33 bits per heavy atom. The highest BCUT2D eigenvalue weighted by atomic mass is 131. The molecule has 0 saturated heterocycles. The lowest BCUT2D eigenvalue weighted by atomic mass is 9.54. The molecule has 3 aliphatic carbocycles. The number of aromatic hydroxyl groups is 1. The largest absolute Gasteiger partial charge is 0.508 e. The first-order chi connectivity index (χ1) is 15.2. The number of carbonyl (C=O) groups is 3. The number of Topliss-reactive ketones (excluding diaryl/α,β-unsaturated/α-hetero) is 2. The number of phenolic OH excluding ortho intramolecular Hbond substituents is 1. The molecular weight excluding hydrogens is 551 g/mol. The molecule has 0 unspecified atom stereocenters. The molecule has 1 aromatic carbocycles. The normalized spacial score (nSPS) is 36.0. The van der Waals surface area contributed by atoms with Crippen molar-refractivity contribution in [1.29, 1.82) is 0 Å². The molecule has 6 atom stereocenters. The van der Waals surface area contributed by atoms with Gasteiger partial charge >= 0.3 is 0 Å². The Bertz CT molecular complexity index is 1190. The SMILES string of the molecule is CN(C)[C@@H]1C(=O)C(C(N)=O)=C(O)[C@@]2(O)C(=O)C3=C(O)c4c(O)cccc4[C@@](C)([131I])[C@H]3[C@H](O)[C@@H]12. The fourth-order valence-electron chi connectivity index (χ4n) is 5.56. The highest BCUT2D eigenvalue weighted by Gasteiger charge is 2.69. The van der Waals surface area contributed by atoms with E-state index in [2.05, 4.69) is 0 Å². The second-order valence-corrected chi connectivity index (χ2v) is 11.2. The maximum Gasteiger partial charge on any atom is 0.255 e. The van der Waals surface area contributed by atoms with Crippen molar-refractivity contribution in [1.82, 2.24) is 4.90 Å². The maximum absolute atomic E-state index is 13.8. The van der Waals surface area contributed by atoms with Crippen molar-refractivity contribution in [2.45, 2.75) is 28.1 Å². The van der Waals surface area contributed by atoms with Crippen LogP contribution in [-0.2, 0) is 17.8 Å². The van der Waals surface area contributed by atoms with Gasteiger partial charge in [-0.1, -0.05) is 34.7 Å². The van der Waals surface area contributed by atoms with Crippen LogP contribution in [-0.4, -0.2) is 79.7 Å². The lowest BCUT2D eigenvalue weighted by molar-refractivity contribution is -0.169. The van der Waals surface area contributed by atoms with E-state index in [1.54, 1.807) is 19.1 Å². The number of phenols is 1. The zero-order valence-electron chi connectivity index (χ0n) is 17.9. The van der Waals surface area contributed by atoms with Crippen molar-refractivity contribution < 1.29 is 39.9 Å². The first-order valence-electron chi connectivity index (χ1n) is 10.0. The van der Waals surface area contributed by atoms with E-state index in [9.17, 15) is 39.9 Å². The van der Waals surface area contributed by atoms with Gasteiger partial charge < -0.3 is 31.3 Å². The molecule has 0 spiro atoms. The minimum absolute atomic E-state index is 0.0436. The van der Waals surface area contributed by atoms with E-state index in [1.807, 2.05) is 22.6 Å². The monoisotopic (exact) mass is 574 g/mol. The van der Waals surface area contributed by atoms with Gasteiger partial charge in [0, 0.05) is 11.5 Å². The van der Waals surface area contributed by atoms with Crippen molar-refractivity contribution >= 4 is 45.8 Å². The molecule has 0 heterocycles. The van der Waals surface area contributed by atoms with Crippen LogP contribution in [0.4, 0.5) is 0 Å². The number of halogens is 1. The van der Waals surface area contributed by atoms with E-state index in [-0.39, 0.29) is 11.3 Å². The lowest BCUT2D eigenvalue weighted by Gasteiger charge is -2.55. The molecule has 0 bridgehead atoms. The first kappa shape index (κ1) is 23.7. The summed E-state index contributed by atoms with van der Waals surface area (Å²) in [5.41, 5.74) is 1.39. The van der Waals surface area contributed by atoms with E-state index >= 15 is 0 Å². The number of likely N-dealkylation sites (N-methyl/N-ethyl adjacent to an activating group) is 1. The molecule has 4 rings (SSSR count). The molecule has 11 heteroatoms. The Kier molecular flexibility index (Phi) is 5.21. The molecule has 0 radical (unpaired) electrons. The first-order valence-corrected chi connectivity index (χ1v) is 11.1. The van der Waals surface area contributed by atoms with Gasteiger partial charge in [0.2, 0.25) is 5.78 Å². The summed E-state index contributed by atoms with van der Waals surface area (Å²) in [6, 6.07) is 3.11. The van der Waals surface area contributed by atoms with Gasteiger partial charge in [-0.15, -0.1) is 0 Å². The summed E-state index contributed by atoms with van der Waals surface area (Å²) in [5.74, 6) is -8.41. The summed E-state index contributed by atoms with van der Waals surface area (Å²) in [5, 5.41) is 55.4. The third kappa shape index (κ3) is 2.79. The summed E-state index contributed by atoms with van der Waals surface area (Å²) in [6.45, 7) is 1.68. The number of nitrogens with two attached hydrogens (primary N) is 1. The maximum atomic E-state index is 13.8. The van der Waals surface area contributed by atoms with Crippen LogP contribution in [0.15, 0.2) is 35.1 Å². The van der Waals surface area contributed by atoms with Crippen LogP contribution < -0.4 is 5.73 Å². The number of hydrogen-bond donors (Lipinski definition) is 6. The van der Waals surface area contributed by atoms with E-state index < -0.39 is 73.1 Å². The minimum atomic E-state index is -2.92. The van der Waals surface area contributed by atoms with Crippen LogP contribution in [0, 0.1) is 11.8 Å². The topological polar surface area (TPSA) is 182 Å². The summed E-state index contributed by atoms with van der Waals surface area (Å²) >= 11 is 1.99. The van der Waals surface area contributed by atoms with Crippen molar-refractivity contribution in [3.8, 4) is 5.75 Å². The molecule has 7 N–H and O–H groups in total. The molecule has 3 aliphatic rings. The summed E-state index contributed by atoms with van der Waals surface area (Å²) < 4.78 is -1.08. The number of aliphatic hydroxyl groups excluding tert-OH is 3. The number of ketones is 2. The molecule has 176 valence electrons. The number of nitrogens with zero attached hydrogens (tertiary/aromatic N) is 1. The molecule has 10 nitrogen and oxygen atoms in total. The van der Waals surface area contributed by atoms with E-state index in [4.69, 9.17) is 5.73 Å². The summed E-state index contributed by atoms with van der Waals surface area (Å²) in [6.07, 6.45) is -1.63. The number of amides is 1. The van der Waals surface area contributed by atoms with Gasteiger partial charge in [-0.25, -0.2) is 0 Å². The van der Waals surface area contributed by atoms with Crippen molar-refractivity contribution in [2.24, 2.45) is 17.6 Å². The van der Waals surface area contributed by atoms with Gasteiger partial charge in [0.15, 0.2) is 11.4 Å². The molecule has 1 fully saturated rings. The zero-order valence-corrected chi connectivity index (χ0v) is 20.1. The Balaban J connectivity index is 2.11. The Morgan fingerprint density at radius 1 is 1.18 bits per heavy atom. The van der Waals surface area contributed by atoms with Crippen LogP contribution in [0.1, 0.15) is 18.1 Å². The van der Waals surface area contributed by atoms with Crippen LogP contribution in [0.5, 0.6) is 5.75 Å². The number of aliphatic hydroxyl groups is 4. The fourth-order valence-corrected chi connectivity index (χ4v) is 6.69. The quantitative estimate of drug-likeness (QED) is 0.162. The third-order valence-corrected chi connectivity index (χ3v) is 8.25. The Hall–Kier alpha value is -2.48. The predicted molar refractivity (Wildman–Crippen MR) is 123 cm³/mol. The van der Waals surface area contributed by atoms with E-state index in [0.717, 1.165) is 0 Å². The predicted octanol–water partition coefficient (Wildman–Crippen LogP) is 0.0425. The van der Waals surface area contributed by atoms with Crippen molar-refractivity contribution in [3.05, 3.63) is 46.2 Å². The second kappa shape index (κ2) is 7.26. The van der Waals surface area contributed by atoms with Gasteiger partial charge in [0.25, 0.3) is 5.91 Å². The zero-order chi connectivity index (χ0) is 24.8. The summed E-state index contributed by atoms with van der Waals surface area (Å²) in [4.78, 5) is 40.2. The smallest absolute Gasteiger partial charge is 0.255 e. The molecule has 33 heavy (non-hydrogen) atoms. The third-order valence-electron chi connectivity index (χ3n) is 6.99. The Labute approximate surface area is 202 Å². The standard InChI is InChI=1S/C22H23IN2O8/c1-21(23)7-5-4-6-8(26)9(7)15(27)10-12(21)17(29)13-14(25(2)3)16(28)11(20(24)32)19(31)22(13,33)18(10)30/h4-6,12-14,17,26-27,29,31,33H,1-3H3,(H2,24,32)/t12-,13-,14+,17+,21-,22+/m1/s1/i23+4. The molecule has 1 amide bonds. The van der Waals surface area contributed by atoms with Gasteiger partial charge in [-0.05, 0) is 32.6 Å². The fraction of sp³-hybridized carbons (Fsp3) is 0.409. The molecule has 0 aliphatic heterocycles. The van der Waals surface area contributed by atoms with Crippen LogP contribution in [0.3, 0.4) is 0 Å². The highest BCUT2D eigenvalue weighted by molar-refractivity contribution is 14.1. The van der Waals surface area contributed by atoms with E-state index in [0.29, 0.717) is 5.56 Å². The average Bonchev–Trinajstić information content (AvgIpc) is 2.70. The van der Waals surface area contributed by atoms with Gasteiger partial charge in [0.05, 0.1) is 27.0 Å². The number of primary amides is 1. The second-order valence-electron chi connectivity index (χ2n) is 8.99. The van der Waals surface area contributed by atoms with E-state index in [1.165, 1.54) is 25.1 Å². The number of alkyl halides is 1. The lowest BCUT2D eigenvalue weighted by Crippen LogP contribution is -2.71. The molecular formula is C22H23IN2O8. The van der Waals surface area contributed by atoms with Crippen LogP contribution in [0.25, 0.3) is 5.76 Å². The Morgan fingerprint density at radius 2 is 1.79 bits per heavy atom. The van der Waals surface area contributed by atoms with Gasteiger partial charge in [0.1, 0.15) is 22.8 Å². The van der Waals surface area contributed by atoms with Gasteiger partial charge in [-0.3, -0.25) is 19.3 Å². The molecule has 1 saturated carbocycles. The number of hydrogen-bond acceptors (Lipinski definition) is 9. The summed E-state index contributed by atoms with van der Waals surface area (Å²) in [7, 11) is 2.92. The number of carbonyl (C=O) groups excluding carboxylic acids is 3. The van der Waals surface area contributed by atoms with Crippen molar-refractivity contribution in [2.75, 3.05) is 14.1 Å². The average molecular weight is 574 g/mol. The van der Waals surface area contributed by atoms with Crippen LogP contribution in [0.2, 0.25) is 0 Å². The molecule has 1 aromatic rings. The molecule has 0 aromatic heterocycles. The highest BCUT2D eigenvalue weighted by Crippen LogP contribution is 2.60. The number of benzene rings is 1.